The average Bonchev–Trinajstić information content (AvgIpc) is 3.20. The summed E-state index contributed by atoms with van der Waals surface area (Å²) in [6, 6.07) is 0. The molecular formula is C42H58O28. The van der Waals surface area contributed by atoms with E-state index < -0.39 is 184 Å². The monoisotopic (exact) mass is 1010 g/mol. The molecule has 14 atom stereocenters. The summed E-state index contributed by atoms with van der Waals surface area (Å²) in [6.45, 7) is 8.01. The maximum absolute atomic E-state index is 13.0. The SMILES string of the molecule is CC(=O)OC[C@H](OC(C)=O)[C@@H](OC(C)=O)[C@H](O[C@@H]1O[C@H](COC(C)=O)[C@H](O[C@H]2O[C@H](COC(C)=O)[C@H](OC(C)=O)[C@H](OC(C)=O)[C@H]2OC(C)=O)[C@H](OC(C)=O)[C@H]1OC(C)=O)[C@@H](COC(C)=O)OC(C)=O. The Morgan fingerprint density at radius 1 is 0.343 bits per heavy atom. The molecule has 28 heteroatoms. The summed E-state index contributed by atoms with van der Waals surface area (Å²) < 4.78 is 89.8. The molecule has 0 aromatic rings. The molecule has 2 saturated heterocycles. The molecule has 0 unspecified atom stereocenters. The van der Waals surface area contributed by atoms with Gasteiger partial charge in [0, 0.05) is 83.1 Å². The standard InChI is InChI=1S/C42H58O28/c1-17(43)55-13-29(59-21(5)47)33(61-23(7)49)34(30(60-22(6)48)14-56-18(2)44)69-41-40(66-28(12)54)38(64-26(10)52)36(32(68-41)16-58-20(4)46)70-42-39(65-27(11)53)37(63-25(9)51)35(62-24(8)50)31(67-42)15-57-19(3)45/h29-42H,13-16H2,1-12H3/t29-,30+,31+,32+,33+,34+,35-,36-,37-,38-,39+,40+,41-,42+/m0/s1. The van der Waals surface area contributed by atoms with Gasteiger partial charge in [-0.2, -0.15) is 0 Å². The van der Waals surface area contributed by atoms with Gasteiger partial charge in [-0.15, -0.1) is 0 Å². The zero-order chi connectivity index (χ0) is 53.2. The average molecular weight is 1010 g/mol. The lowest BCUT2D eigenvalue weighted by atomic mass is 9.95. The van der Waals surface area contributed by atoms with Gasteiger partial charge in [0.1, 0.15) is 50.8 Å². The highest BCUT2D eigenvalue weighted by Gasteiger charge is 2.59. The topological polar surface area (TPSA) is 353 Å². The first-order chi connectivity index (χ1) is 32.6. The number of rotatable bonds is 23. The van der Waals surface area contributed by atoms with Gasteiger partial charge >= 0.3 is 71.6 Å². The minimum Gasteiger partial charge on any atom is -0.463 e. The smallest absolute Gasteiger partial charge is 0.303 e. The summed E-state index contributed by atoms with van der Waals surface area (Å²) in [6.07, 6.45) is -27.0. The molecule has 2 fully saturated rings. The Morgan fingerprint density at radius 3 is 1.06 bits per heavy atom. The zero-order valence-electron chi connectivity index (χ0n) is 40.3. The van der Waals surface area contributed by atoms with Gasteiger partial charge in [-0.25, -0.2) is 0 Å². The van der Waals surface area contributed by atoms with Crippen LogP contribution in [0, 0.1) is 0 Å². The Balaban J connectivity index is 3.07. The first kappa shape index (κ1) is 59.6. The third-order valence-electron chi connectivity index (χ3n) is 9.07. The van der Waals surface area contributed by atoms with Crippen molar-refractivity contribution in [3.63, 3.8) is 0 Å². The Kier molecular flexibility index (Phi) is 24.0. The van der Waals surface area contributed by atoms with Gasteiger partial charge in [0.05, 0.1) is 0 Å². The Labute approximate surface area is 399 Å². The first-order valence-electron chi connectivity index (χ1n) is 21.1. The van der Waals surface area contributed by atoms with Gasteiger partial charge in [0.15, 0.2) is 61.4 Å². The molecule has 2 aliphatic rings. The van der Waals surface area contributed by atoms with E-state index in [0.29, 0.717) is 0 Å². The van der Waals surface area contributed by atoms with Crippen LogP contribution in [0.1, 0.15) is 83.1 Å². The van der Waals surface area contributed by atoms with E-state index in [9.17, 15) is 57.5 Å². The lowest BCUT2D eigenvalue weighted by Gasteiger charge is -2.49. The van der Waals surface area contributed by atoms with E-state index in [1.807, 2.05) is 0 Å². The molecular weight excluding hydrogens is 952 g/mol. The van der Waals surface area contributed by atoms with Crippen molar-refractivity contribution in [2.45, 2.75) is 169 Å². The summed E-state index contributed by atoms with van der Waals surface area (Å²) in [5.74, 6) is -12.2. The molecule has 394 valence electrons. The molecule has 2 rings (SSSR count). The Hall–Kier alpha value is -6.52. The minimum atomic E-state index is -2.20. The molecule has 0 amide bonds. The van der Waals surface area contributed by atoms with E-state index in [2.05, 4.69) is 0 Å². The number of carbonyl (C=O) groups excluding carboxylic acids is 12. The quantitative estimate of drug-likeness (QED) is 0.0867. The van der Waals surface area contributed by atoms with E-state index in [-0.39, 0.29) is 0 Å². The summed E-state index contributed by atoms with van der Waals surface area (Å²) in [5, 5.41) is 0. The third kappa shape index (κ3) is 20.2. The molecule has 0 bridgehead atoms. The highest BCUT2D eigenvalue weighted by molar-refractivity contribution is 5.71. The second-order valence-electron chi connectivity index (χ2n) is 15.2. The summed E-state index contributed by atoms with van der Waals surface area (Å²) in [7, 11) is 0. The van der Waals surface area contributed by atoms with Gasteiger partial charge in [-0.1, -0.05) is 0 Å². The molecule has 0 radical (unpaired) electrons. The van der Waals surface area contributed by atoms with Gasteiger partial charge in [0.2, 0.25) is 0 Å². The second kappa shape index (κ2) is 28.2. The van der Waals surface area contributed by atoms with Crippen molar-refractivity contribution in [1.29, 1.82) is 0 Å². The van der Waals surface area contributed by atoms with Crippen LogP contribution in [0.3, 0.4) is 0 Å². The molecule has 0 aromatic carbocycles. The molecule has 0 spiro atoms. The van der Waals surface area contributed by atoms with E-state index in [0.717, 1.165) is 83.1 Å². The molecule has 28 nitrogen and oxygen atoms in total. The van der Waals surface area contributed by atoms with E-state index >= 15 is 0 Å². The molecule has 2 aliphatic heterocycles. The number of hydrogen-bond acceptors (Lipinski definition) is 28. The summed E-state index contributed by atoms with van der Waals surface area (Å²) in [5.41, 5.74) is 0. The van der Waals surface area contributed by atoms with E-state index in [4.69, 9.17) is 75.8 Å². The largest absolute Gasteiger partial charge is 0.463 e. The summed E-state index contributed by atoms with van der Waals surface area (Å²) >= 11 is 0. The molecule has 0 N–H and O–H groups in total. The van der Waals surface area contributed by atoms with Gasteiger partial charge in [-0.3, -0.25) is 57.5 Å². The molecule has 70 heavy (non-hydrogen) atoms. The second-order valence-corrected chi connectivity index (χ2v) is 15.2. The Bertz CT molecular complexity index is 1910. The van der Waals surface area contributed by atoms with Crippen molar-refractivity contribution >= 4 is 71.6 Å². The van der Waals surface area contributed by atoms with Gasteiger partial charge < -0.3 is 75.8 Å². The van der Waals surface area contributed by atoms with Crippen molar-refractivity contribution in [3.8, 4) is 0 Å². The van der Waals surface area contributed by atoms with Crippen LogP contribution in [0.15, 0.2) is 0 Å². The lowest BCUT2D eigenvalue weighted by Crippen LogP contribution is -2.68. The molecule has 0 aliphatic carbocycles. The first-order valence-corrected chi connectivity index (χ1v) is 21.1. The van der Waals surface area contributed by atoms with Gasteiger partial charge in [0.25, 0.3) is 0 Å². The number of hydrogen-bond donors (Lipinski definition) is 0. The maximum Gasteiger partial charge on any atom is 0.303 e. The predicted molar refractivity (Wildman–Crippen MR) is 218 cm³/mol. The van der Waals surface area contributed by atoms with Crippen molar-refractivity contribution in [1.82, 2.24) is 0 Å². The van der Waals surface area contributed by atoms with Crippen LogP contribution in [0.25, 0.3) is 0 Å². The highest BCUT2D eigenvalue weighted by atomic mass is 16.8. The van der Waals surface area contributed by atoms with Crippen molar-refractivity contribution in [2.75, 3.05) is 26.4 Å². The van der Waals surface area contributed by atoms with Crippen molar-refractivity contribution < 1.29 is 133 Å². The molecule has 0 aromatic heterocycles. The third-order valence-corrected chi connectivity index (χ3v) is 9.07. The van der Waals surface area contributed by atoms with Crippen LogP contribution >= 0.6 is 0 Å². The van der Waals surface area contributed by atoms with Crippen molar-refractivity contribution in [2.24, 2.45) is 0 Å². The lowest BCUT2D eigenvalue weighted by molar-refractivity contribution is -0.369. The zero-order valence-corrected chi connectivity index (χ0v) is 40.3. The van der Waals surface area contributed by atoms with E-state index in [1.54, 1.807) is 0 Å². The predicted octanol–water partition coefficient (Wildman–Crippen LogP) is -1.09. The van der Waals surface area contributed by atoms with Gasteiger partial charge in [-0.05, 0) is 0 Å². The van der Waals surface area contributed by atoms with Crippen LogP contribution in [0.5, 0.6) is 0 Å². The maximum atomic E-state index is 13.0. The van der Waals surface area contributed by atoms with Crippen molar-refractivity contribution in [3.05, 3.63) is 0 Å². The highest BCUT2D eigenvalue weighted by Crippen LogP contribution is 2.37. The number of carbonyl (C=O) groups is 12. The fourth-order valence-corrected chi connectivity index (χ4v) is 6.88. The normalized spacial score (nSPS) is 25.5. The number of esters is 12. The minimum absolute atomic E-state index is 0.720. The summed E-state index contributed by atoms with van der Waals surface area (Å²) in [4.78, 5) is 150. The van der Waals surface area contributed by atoms with Crippen LogP contribution in [-0.2, 0) is 133 Å². The van der Waals surface area contributed by atoms with Crippen LogP contribution in [-0.4, -0.2) is 184 Å². The van der Waals surface area contributed by atoms with Crippen LogP contribution in [0.2, 0.25) is 0 Å². The number of ether oxygens (including phenoxy) is 16. The fraction of sp³-hybridized carbons (Fsp3) is 0.714. The van der Waals surface area contributed by atoms with E-state index in [1.165, 1.54) is 0 Å². The Morgan fingerprint density at radius 2 is 0.671 bits per heavy atom. The molecule has 2 heterocycles. The molecule has 0 saturated carbocycles. The van der Waals surface area contributed by atoms with Crippen LogP contribution < -0.4 is 0 Å². The fourth-order valence-electron chi connectivity index (χ4n) is 6.88. The van der Waals surface area contributed by atoms with Crippen LogP contribution in [0.4, 0.5) is 0 Å².